The average molecular weight is 745 g/mol. The maximum Gasteiger partial charge on any atom is 0.303 e. The van der Waals surface area contributed by atoms with Crippen LogP contribution in [0.5, 0.6) is 51.7 Å². The first kappa shape index (κ1) is 37.8. The van der Waals surface area contributed by atoms with Crippen molar-refractivity contribution in [3.63, 3.8) is 0 Å². The number of hydrogen-bond donors (Lipinski definition) is 0. The predicted octanol–water partition coefficient (Wildman–Crippen LogP) is 6.55. The Labute approximate surface area is 313 Å². The van der Waals surface area contributed by atoms with Crippen LogP contribution < -0.4 is 42.6 Å². The fourth-order valence-electron chi connectivity index (χ4n) is 7.27. The molecule has 0 saturated heterocycles. The molecule has 2 aliphatic heterocycles. The fourth-order valence-corrected chi connectivity index (χ4v) is 7.27. The third kappa shape index (κ3) is 7.05. The Morgan fingerprint density at radius 1 is 0.574 bits per heavy atom. The molecule has 6 rings (SSSR count). The average Bonchev–Trinajstić information content (AvgIpc) is 3.18. The molecule has 0 aliphatic carbocycles. The Morgan fingerprint density at radius 3 is 1.69 bits per heavy atom. The second-order valence-corrected chi connectivity index (χ2v) is 12.6. The zero-order valence-electron chi connectivity index (χ0n) is 31.7. The Hall–Kier alpha value is -5.98. The number of ether oxygens (including phenoxy) is 11. The lowest BCUT2D eigenvalue weighted by atomic mass is 9.77. The van der Waals surface area contributed by atoms with Crippen LogP contribution in [-0.2, 0) is 25.5 Å². The minimum atomic E-state index is -0.970. The maximum atomic E-state index is 13.0. The van der Waals surface area contributed by atoms with Crippen LogP contribution in [0, 0.1) is 0 Å². The molecular formula is C41H44O13. The molecule has 0 saturated carbocycles. The molecule has 0 aromatic heterocycles. The van der Waals surface area contributed by atoms with Crippen molar-refractivity contribution in [2.24, 2.45) is 0 Å². The molecule has 286 valence electrons. The summed E-state index contributed by atoms with van der Waals surface area (Å²) in [6.07, 6.45) is -3.20. The highest BCUT2D eigenvalue weighted by Crippen LogP contribution is 2.57. The van der Waals surface area contributed by atoms with Crippen LogP contribution in [0.25, 0.3) is 0 Å². The van der Waals surface area contributed by atoms with Gasteiger partial charge in [0, 0.05) is 60.2 Å². The van der Waals surface area contributed by atoms with E-state index in [4.69, 9.17) is 52.1 Å². The summed E-state index contributed by atoms with van der Waals surface area (Å²) < 4.78 is 65.8. The van der Waals surface area contributed by atoms with E-state index < -0.39 is 42.3 Å². The van der Waals surface area contributed by atoms with Gasteiger partial charge in [0.1, 0.15) is 34.9 Å². The predicted molar refractivity (Wildman–Crippen MR) is 195 cm³/mol. The molecule has 0 N–H and O–H groups in total. The molecule has 2 aliphatic rings. The highest BCUT2D eigenvalue weighted by atomic mass is 16.6. The van der Waals surface area contributed by atoms with Crippen LogP contribution in [0.3, 0.4) is 0 Å². The third-order valence-corrected chi connectivity index (χ3v) is 9.61. The zero-order valence-corrected chi connectivity index (χ0v) is 31.7. The molecule has 0 amide bonds. The second-order valence-electron chi connectivity index (χ2n) is 12.6. The summed E-state index contributed by atoms with van der Waals surface area (Å²) in [5.74, 6) is 2.52. The van der Waals surface area contributed by atoms with Gasteiger partial charge in [-0.05, 0) is 30.3 Å². The number of methoxy groups -OCH3 is 7. The van der Waals surface area contributed by atoms with Gasteiger partial charge in [0.25, 0.3) is 0 Å². The van der Waals surface area contributed by atoms with Gasteiger partial charge in [-0.1, -0.05) is 18.2 Å². The van der Waals surface area contributed by atoms with E-state index in [9.17, 15) is 9.59 Å². The monoisotopic (exact) mass is 744 g/mol. The van der Waals surface area contributed by atoms with E-state index in [0.717, 1.165) is 0 Å². The van der Waals surface area contributed by atoms with Crippen LogP contribution >= 0.6 is 0 Å². The molecule has 13 nitrogen and oxygen atoms in total. The van der Waals surface area contributed by atoms with Crippen LogP contribution in [0.1, 0.15) is 59.8 Å². The van der Waals surface area contributed by atoms with Gasteiger partial charge in [0.2, 0.25) is 0 Å². The van der Waals surface area contributed by atoms with E-state index in [1.807, 2.05) is 24.3 Å². The first-order chi connectivity index (χ1) is 26.1. The largest absolute Gasteiger partial charge is 0.497 e. The summed E-state index contributed by atoms with van der Waals surface area (Å²) in [5.41, 5.74) is 3.18. The summed E-state index contributed by atoms with van der Waals surface area (Å²) in [7, 11) is 10.8. The van der Waals surface area contributed by atoms with Crippen LogP contribution in [0.2, 0.25) is 0 Å². The van der Waals surface area contributed by atoms with Gasteiger partial charge in [0.05, 0.1) is 55.7 Å². The summed E-state index contributed by atoms with van der Waals surface area (Å²) >= 11 is 0. The van der Waals surface area contributed by atoms with Gasteiger partial charge in [-0.15, -0.1) is 0 Å². The van der Waals surface area contributed by atoms with Crippen molar-refractivity contribution in [2.75, 3.05) is 49.8 Å². The SMILES string of the molecule is COc1ccc2c(c1)O[C@H](c1ccc(OC)c(OC)c1)[C@@H](OC(C)=O)[C@H]2c1c(OC)cc(OC)c2c1O[C@H](c1ccc(OC)c(OC)c1)[C@H](OC(C)=O)C2. The molecule has 4 aromatic carbocycles. The van der Waals surface area contributed by atoms with Gasteiger partial charge in [-0.2, -0.15) is 0 Å². The van der Waals surface area contributed by atoms with Crippen molar-refractivity contribution in [2.45, 2.75) is 50.6 Å². The first-order valence-corrected chi connectivity index (χ1v) is 17.2. The van der Waals surface area contributed by atoms with Crippen molar-refractivity contribution < 1.29 is 61.7 Å². The number of carbonyl (C=O) groups is 2. The van der Waals surface area contributed by atoms with Gasteiger partial charge in [-0.25, -0.2) is 0 Å². The van der Waals surface area contributed by atoms with Gasteiger partial charge in [-0.3, -0.25) is 9.59 Å². The number of benzene rings is 4. The third-order valence-electron chi connectivity index (χ3n) is 9.61. The Morgan fingerprint density at radius 2 is 1.15 bits per heavy atom. The minimum absolute atomic E-state index is 0.212. The number of hydrogen-bond acceptors (Lipinski definition) is 13. The first-order valence-electron chi connectivity index (χ1n) is 17.2. The molecule has 0 spiro atoms. The van der Waals surface area contributed by atoms with Crippen LogP contribution in [0.15, 0.2) is 60.7 Å². The van der Waals surface area contributed by atoms with Gasteiger partial charge in [0.15, 0.2) is 41.3 Å². The summed E-state index contributed by atoms with van der Waals surface area (Å²) in [5, 5.41) is 0. The minimum Gasteiger partial charge on any atom is -0.497 e. The maximum absolute atomic E-state index is 13.0. The van der Waals surface area contributed by atoms with E-state index in [-0.39, 0.29) is 6.42 Å². The van der Waals surface area contributed by atoms with Crippen LogP contribution in [-0.4, -0.2) is 73.9 Å². The van der Waals surface area contributed by atoms with Gasteiger partial charge >= 0.3 is 11.9 Å². The zero-order chi connectivity index (χ0) is 38.7. The lowest BCUT2D eigenvalue weighted by molar-refractivity contribution is -0.153. The summed E-state index contributed by atoms with van der Waals surface area (Å²) in [6, 6.07) is 18.0. The van der Waals surface area contributed by atoms with Crippen molar-refractivity contribution >= 4 is 11.9 Å². The lowest BCUT2D eigenvalue weighted by Crippen LogP contribution is -2.40. The summed E-state index contributed by atoms with van der Waals surface area (Å²) in [6.45, 7) is 2.70. The molecule has 5 atom stereocenters. The van der Waals surface area contributed by atoms with E-state index in [2.05, 4.69) is 0 Å². The highest BCUT2D eigenvalue weighted by molar-refractivity contribution is 5.69. The highest BCUT2D eigenvalue weighted by Gasteiger charge is 2.48. The van der Waals surface area contributed by atoms with E-state index >= 15 is 0 Å². The molecule has 13 heteroatoms. The van der Waals surface area contributed by atoms with Crippen molar-refractivity contribution in [3.8, 4) is 51.7 Å². The number of rotatable bonds is 12. The number of esters is 2. The van der Waals surface area contributed by atoms with E-state index in [0.29, 0.717) is 79.6 Å². The van der Waals surface area contributed by atoms with Crippen LogP contribution in [0.4, 0.5) is 0 Å². The number of fused-ring (bicyclic) bond motifs is 2. The smallest absolute Gasteiger partial charge is 0.303 e. The van der Waals surface area contributed by atoms with E-state index in [1.165, 1.54) is 21.0 Å². The Kier molecular flexibility index (Phi) is 11.2. The lowest BCUT2D eigenvalue weighted by Gasteiger charge is -2.42. The van der Waals surface area contributed by atoms with Crippen molar-refractivity contribution in [1.82, 2.24) is 0 Å². The normalized spacial score (nSPS) is 19.8. The topological polar surface area (TPSA) is 136 Å². The second kappa shape index (κ2) is 15.9. The Balaban J connectivity index is 1.63. The van der Waals surface area contributed by atoms with Gasteiger partial charge < -0.3 is 52.1 Å². The standard InChI is InChI=1S/C41H44O13/c1-21(42)51-35-19-27-30(47-6)20-34(50-9)37(40(27)54-38(35)23-10-14-28(45-4)32(16-23)48-7)36-26-13-12-25(44-3)18-31(26)53-39(41(36)52-22(2)43)24-11-15-29(46-5)33(17-24)49-8/h10-18,20,35-36,38-39,41H,19H2,1-9H3/t35-,36-,38-,39-,41+/m1/s1. The fraction of sp³-hybridized carbons (Fsp3) is 0.366. The van der Waals surface area contributed by atoms with E-state index in [1.54, 1.807) is 79.1 Å². The molecule has 0 radical (unpaired) electrons. The summed E-state index contributed by atoms with van der Waals surface area (Å²) in [4.78, 5) is 25.6. The molecule has 0 bridgehead atoms. The number of carbonyl (C=O) groups excluding carboxylic acids is 2. The molecule has 2 heterocycles. The molecule has 0 fully saturated rings. The molecule has 54 heavy (non-hydrogen) atoms. The molecular weight excluding hydrogens is 700 g/mol. The Bertz CT molecular complexity index is 2020. The molecule has 4 aromatic rings. The van der Waals surface area contributed by atoms with Crippen molar-refractivity contribution in [3.05, 3.63) is 88.5 Å². The molecule has 0 unspecified atom stereocenters. The van der Waals surface area contributed by atoms with Crippen molar-refractivity contribution in [1.29, 1.82) is 0 Å². The quantitative estimate of drug-likeness (QED) is 0.145.